The zero-order valence-corrected chi connectivity index (χ0v) is 12.6. The van der Waals surface area contributed by atoms with Crippen molar-refractivity contribution in [3.8, 4) is 0 Å². The van der Waals surface area contributed by atoms with E-state index >= 15 is 0 Å². The Morgan fingerprint density at radius 3 is 2.50 bits per heavy atom. The third kappa shape index (κ3) is 5.29. The van der Waals surface area contributed by atoms with Crippen molar-refractivity contribution in [2.24, 2.45) is 11.8 Å². The summed E-state index contributed by atoms with van der Waals surface area (Å²) >= 11 is 5.83. The van der Waals surface area contributed by atoms with Crippen molar-refractivity contribution in [2.45, 2.75) is 71.0 Å². The monoisotopic (exact) mass is 274 g/mol. The number of aliphatic hydroxyl groups excluding tert-OH is 1. The van der Waals surface area contributed by atoms with Crippen LogP contribution in [0.1, 0.15) is 59.3 Å². The molecule has 0 saturated heterocycles. The van der Waals surface area contributed by atoms with Gasteiger partial charge in [0, 0.05) is 11.5 Å². The van der Waals surface area contributed by atoms with E-state index in [1.54, 1.807) is 6.08 Å². The van der Waals surface area contributed by atoms with Crippen LogP contribution < -0.4 is 0 Å². The maximum atomic E-state index is 10.3. The molecule has 0 spiro atoms. The molecule has 0 aromatic rings. The number of rotatable bonds is 7. The summed E-state index contributed by atoms with van der Waals surface area (Å²) in [6.45, 7) is 6.74. The molecule has 2 N–H and O–H groups in total. The van der Waals surface area contributed by atoms with Crippen molar-refractivity contribution in [1.29, 1.82) is 0 Å². The van der Waals surface area contributed by atoms with Crippen LogP contribution in [0.5, 0.6) is 0 Å². The molecule has 1 rings (SSSR count). The highest BCUT2D eigenvalue weighted by atomic mass is 35.5. The van der Waals surface area contributed by atoms with E-state index in [4.69, 9.17) is 11.6 Å². The van der Waals surface area contributed by atoms with Gasteiger partial charge in [-0.15, -0.1) is 0 Å². The van der Waals surface area contributed by atoms with Crippen molar-refractivity contribution in [3.05, 3.63) is 11.1 Å². The fraction of sp³-hybridized carbons (Fsp3) is 0.867. The van der Waals surface area contributed by atoms with Crippen molar-refractivity contribution in [3.63, 3.8) is 0 Å². The summed E-state index contributed by atoms with van der Waals surface area (Å²) in [5.41, 5.74) is -0.886. The van der Waals surface area contributed by atoms with E-state index in [1.807, 2.05) is 0 Å². The number of halogens is 1. The standard InChI is InChI=1S/C15H27ClO2/c1-11(2)5-4-6-12(3)7-8-15(18)9-13(16)14(17)10-15/h9,11-12,14,17-18H,4-8,10H2,1-3H3. The summed E-state index contributed by atoms with van der Waals surface area (Å²) in [7, 11) is 0. The minimum Gasteiger partial charge on any atom is -0.387 e. The predicted molar refractivity (Wildman–Crippen MR) is 76.6 cm³/mol. The fourth-order valence-corrected chi connectivity index (χ4v) is 2.81. The van der Waals surface area contributed by atoms with E-state index in [1.165, 1.54) is 19.3 Å². The Morgan fingerprint density at radius 1 is 1.33 bits per heavy atom. The van der Waals surface area contributed by atoms with E-state index in [0.29, 0.717) is 23.8 Å². The maximum absolute atomic E-state index is 10.3. The lowest BCUT2D eigenvalue weighted by Gasteiger charge is -2.23. The van der Waals surface area contributed by atoms with Gasteiger partial charge in [-0.05, 0) is 30.8 Å². The Bertz CT molecular complexity index is 288. The van der Waals surface area contributed by atoms with Crippen LogP contribution in [0.25, 0.3) is 0 Å². The minimum atomic E-state index is -0.886. The zero-order valence-electron chi connectivity index (χ0n) is 11.8. The lowest BCUT2D eigenvalue weighted by Crippen LogP contribution is -2.26. The average Bonchev–Trinajstić information content (AvgIpc) is 2.50. The van der Waals surface area contributed by atoms with Gasteiger partial charge in [-0.2, -0.15) is 0 Å². The molecule has 1 aliphatic carbocycles. The molecule has 0 radical (unpaired) electrons. The van der Waals surface area contributed by atoms with Gasteiger partial charge < -0.3 is 10.2 Å². The van der Waals surface area contributed by atoms with E-state index in [2.05, 4.69) is 20.8 Å². The Morgan fingerprint density at radius 2 is 2.00 bits per heavy atom. The van der Waals surface area contributed by atoms with Crippen LogP contribution in [0, 0.1) is 11.8 Å². The van der Waals surface area contributed by atoms with E-state index < -0.39 is 11.7 Å². The summed E-state index contributed by atoms with van der Waals surface area (Å²) in [4.78, 5) is 0. The second-order valence-corrected chi connectivity index (χ2v) is 6.76. The molecule has 0 saturated carbocycles. The van der Waals surface area contributed by atoms with Crippen LogP contribution in [0.2, 0.25) is 0 Å². The van der Waals surface area contributed by atoms with Gasteiger partial charge in [-0.1, -0.05) is 51.6 Å². The third-order valence-corrected chi connectivity index (χ3v) is 4.18. The van der Waals surface area contributed by atoms with Gasteiger partial charge in [0.1, 0.15) is 0 Å². The Hall–Kier alpha value is -0.0500. The predicted octanol–water partition coefficient (Wildman–Crippen LogP) is 3.85. The van der Waals surface area contributed by atoms with Crippen LogP contribution in [0.3, 0.4) is 0 Å². The lowest BCUT2D eigenvalue weighted by atomic mass is 9.89. The molecule has 0 bridgehead atoms. The molecule has 3 unspecified atom stereocenters. The molecule has 0 aromatic carbocycles. The molecule has 0 fully saturated rings. The molecule has 0 aliphatic heterocycles. The van der Waals surface area contributed by atoms with Crippen LogP contribution >= 0.6 is 11.6 Å². The van der Waals surface area contributed by atoms with Gasteiger partial charge in [0.2, 0.25) is 0 Å². The SMILES string of the molecule is CC(C)CCCC(C)CCC1(O)C=C(Cl)C(O)C1. The van der Waals surface area contributed by atoms with E-state index in [9.17, 15) is 10.2 Å². The van der Waals surface area contributed by atoms with Crippen molar-refractivity contribution in [2.75, 3.05) is 0 Å². The summed E-state index contributed by atoms with van der Waals surface area (Å²) in [6, 6.07) is 0. The Labute approximate surface area is 116 Å². The highest BCUT2D eigenvalue weighted by Crippen LogP contribution is 2.35. The summed E-state index contributed by atoms with van der Waals surface area (Å²) in [5, 5.41) is 20.2. The molecular formula is C15H27ClO2. The molecule has 1 aliphatic rings. The Kier molecular flexibility index (Phi) is 6.16. The molecule has 0 amide bonds. The summed E-state index contributed by atoms with van der Waals surface area (Å²) in [6.07, 6.45) is 6.74. The highest BCUT2D eigenvalue weighted by Gasteiger charge is 2.35. The first-order chi connectivity index (χ1) is 8.32. The second kappa shape index (κ2) is 6.93. The van der Waals surface area contributed by atoms with Gasteiger partial charge in [0.25, 0.3) is 0 Å². The Balaban J connectivity index is 2.24. The van der Waals surface area contributed by atoms with Crippen LogP contribution in [-0.4, -0.2) is 21.9 Å². The number of hydrogen-bond donors (Lipinski definition) is 2. The average molecular weight is 275 g/mol. The molecule has 2 nitrogen and oxygen atoms in total. The van der Waals surface area contributed by atoms with Gasteiger partial charge >= 0.3 is 0 Å². The van der Waals surface area contributed by atoms with Gasteiger partial charge in [0.15, 0.2) is 0 Å². The first kappa shape index (κ1) is 16.0. The third-order valence-electron chi connectivity index (χ3n) is 3.82. The minimum absolute atomic E-state index is 0.352. The smallest absolute Gasteiger partial charge is 0.0924 e. The largest absolute Gasteiger partial charge is 0.387 e. The molecule has 0 heterocycles. The van der Waals surface area contributed by atoms with Gasteiger partial charge in [0.05, 0.1) is 11.7 Å². The fourth-order valence-electron chi connectivity index (χ4n) is 2.53. The maximum Gasteiger partial charge on any atom is 0.0924 e. The van der Waals surface area contributed by atoms with Crippen molar-refractivity contribution >= 4 is 11.6 Å². The first-order valence-corrected chi connectivity index (χ1v) is 7.49. The quantitative estimate of drug-likeness (QED) is 0.740. The first-order valence-electron chi connectivity index (χ1n) is 7.11. The molecule has 106 valence electrons. The van der Waals surface area contributed by atoms with Gasteiger partial charge in [-0.25, -0.2) is 0 Å². The normalized spacial score (nSPS) is 29.7. The lowest BCUT2D eigenvalue weighted by molar-refractivity contribution is 0.0447. The summed E-state index contributed by atoms with van der Waals surface area (Å²) in [5.74, 6) is 1.39. The summed E-state index contributed by atoms with van der Waals surface area (Å²) < 4.78 is 0. The number of aliphatic hydroxyl groups is 2. The van der Waals surface area contributed by atoms with Crippen LogP contribution in [-0.2, 0) is 0 Å². The van der Waals surface area contributed by atoms with E-state index in [-0.39, 0.29) is 0 Å². The highest BCUT2D eigenvalue weighted by molar-refractivity contribution is 6.30. The van der Waals surface area contributed by atoms with Crippen LogP contribution in [0.15, 0.2) is 11.1 Å². The molecule has 18 heavy (non-hydrogen) atoms. The van der Waals surface area contributed by atoms with Gasteiger partial charge in [-0.3, -0.25) is 0 Å². The molecule has 3 atom stereocenters. The van der Waals surface area contributed by atoms with E-state index in [0.717, 1.165) is 12.3 Å². The number of hydrogen-bond acceptors (Lipinski definition) is 2. The van der Waals surface area contributed by atoms with Crippen LogP contribution in [0.4, 0.5) is 0 Å². The van der Waals surface area contributed by atoms with Crippen molar-refractivity contribution < 1.29 is 10.2 Å². The molecular weight excluding hydrogens is 248 g/mol. The topological polar surface area (TPSA) is 40.5 Å². The second-order valence-electron chi connectivity index (χ2n) is 6.32. The molecule has 0 aromatic heterocycles. The van der Waals surface area contributed by atoms with Crippen molar-refractivity contribution in [1.82, 2.24) is 0 Å². The molecule has 3 heteroatoms. The zero-order chi connectivity index (χ0) is 13.8.